The van der Waals surface area contributed by atoms with E-state index in [-0.39, 0.29) is 5.82 Å². The van der Waals surface area contributed by atoms with E-state index in [4.69, 9.17) is 10.7 Å². The van der Waals surface area contributed by atoms with Crippen LogP contribution in [0.25, 0.3) is 21.9 Å². The highest BCUT2D eigenvalue weighted by atomic mass is 19.1. The van der Waals surface area contributed by atoms with E-state index in [9.17, 15) is 9.18 Å². The summed E-state index contributed by atoms with van der Waals surface area (Å²) in [5, 5.41) is 0.947. The molecule has 2 aromatic heterocycles. The van der Waals surface area contributed by atoms with Crippen LogP contribution in [-0.2, 0) is 0 Å². The maximum absolute atomic E-state index is 13.9. The van der Waals surface area contributed by atoms with Crippen LogP contribution in [0.4, 0.5) is 4.39 Å². The molecule has 2 saturated carbocycles. The summed E-state index contributed by atoms with van der Waals surface area (Å²) in [7, 11) is 0. The third-order valence-corrected chi connectivity index (χ3v) is 7.69. The fourth-order valence-electron chi connectivity index (χ4n) is 5.91. The Morgan fingerprint density at radius 1 is 0.970 bits per heavy atom. The Bertz CT molecular complexity index is 1350. The Hall–Kier alpha value is -3.28. The lowest BCUT2D eigenvalue weighted by Gasteiger charge is -2.34. The second-order valence-corrected chi connectivity index (χ2v) is 9.75. The number of aromatic nitrogens is 3. The largest absolute Gasteiger partial charge is 0.366 e. The van der Waals surface area contributed by atoms with Crippen LogP contribution in [-0.4, -0.2) is 20.9 Å². The number of H-pyrrole nitrogens is 1. The molecule has 0 saturated heterocycles. The summed E-state index contributed by atoms with van der Waals surface area (Å²) in [5.41, 5.74) is 9.81. The Morgan fingerprint density at radius 2 is 1.70 bits per heavy atom. The Kier molecular flexibility index (Phi) is 4.89. The zero-order chi connectivity index (χ0) is 22.5. The summed E-state index contributed by atoms with van der Waals surface area (Å²) >= 11 is 0. The number of halogens is 1. The summed E-state index contributed by atoms with van der Waals surface area (Å²) < 4.78 is 13.9. The van der Waals surface area contributed by atoms with Gasteiger partial charge in [0, 0.05) is 23.1 Å². The molecular formula is C27H27FN4O. The molecule has 3 N–H and O–H groups in total. The van der Waals surface area contributed by atoms with Crippen LogP contribution in [0.3, 0.4) is 0 Å². The van der Waals surface area contributed by atoms with Crippen molar-refractivity contribution in [1.29, 1.82) is 0 Å². The molecule has 0 radical (unpaired) electrons. The molecule has 0 aliphatic heterocycles. The predicted octanol–water partition coefficient (Wildman–Crippen LogP) is 5.82. The quantitative estimate of drug-likeness (QED) is 0.409. The second kappa shape index (κ2) is 7.94. The van der Waals surface area contributed by atoms with Gasteiger partial charge in [-0.2, -0.15) is 0 Å². The number of amides is 1. The molecule has 0 bridgehead atoms. The number of fused-ring (bicyclic) bond motifs is 2. The van der Waals surface area contributed by atoms with Gasteiger partial charge < -0.3 is 10.7 Å². The predicted molar refractivity (Wildman–Crippen MR) is 126 cm³/mol. The minimum absolute atomic E-state index is 0.205. The van der Waals surface area contributed by atoms with Crippen molar-refractivity contribution >= 4 is 27.8 Å². The second-order valence-electron chi connectivity index (χ2n) is 9.75. The third kappa shape index (κ3) is 3.77. The number of hydrogen-bond donors (Lipinski definition) is 2. The van der Waals surface area contributed by atoms with E-state index in [1.807, 2.05) is 18.3 Å². The van der Waals surface area contributed by atoms with Crippen LogP contribution >= 0.6 is 0 Å². The van der Waals surface area contributed by atoms with Crippen molar-refractivity contribution in [2.24, 2.45) is 17.6 Å². The van der Waals surface area contributed by atoms with E-state index in [1.54, 1.807) is 18.2 Å². The molecule has 1 amide bonds. The van der Waals surface area contributed by atoms with Crippen molar-refractivity contribution in [2.75, 3.05) is 0 Å². The van der Waals surface area contributed by atoms with Gasteiger partial charge in [0.05, 0.1) is 16.6 Å². The topological polar surface area (TPSA) is 84.7 Å². The fourth-order valence-corrected chi connectivity index (χ4v) is 5.91. The number of nitrogens with zero attached hydrogens (tertiary/aromatic N) is 2. The number of primary amides is 1. The number of nitrogens with one attached hydrogen (secondary N) is 1. The summed E-state index contributed by atoms with van der Waals surface area (Å²) in [6.45, 7) is 0. The zero-order valence-corrected chi connectivity index (χ0v) is 18.4. The number of pyridine rings is 1. The van der Waals surface area contributed by atoms with E-state index in [1.165, 1.54) is 24.5 Å². The molecule has 2 heterocycles. The lowest BCUT2D eigenvalue weighted by Crippen LogP contribution is -2.22. The SMILES string of the molecule is NC(=O)c1ccc2nc([C@@H](C3CCC(c4ccnc5ccc(F)cc45)CC3)C3CC3)[nH]c2c1. The first-order chi connectivity index (χ1) is 16.1. The maximum Gasteiger partial charge on any atom is 0.248 e. The van der Waals surface area contributed by atoms with Crippen molar-refractivity contribution < 1.29 is 9.18 Å². The summed E-state index contributed by atoms with van der Waals surface area (Å²) in [5.74, 6) is 2.53. The number of rotatable bonds is 5. The standard InChI is InChI=1S/C27H27FN4O/c28-19-8-10-22-21(14-19)20(11-12-30-22)15-1-3-16(4-2-15)25(17-5-6-17)27-31-23-9-7-18(26(29)33)13-24(23)32-27/h7-17,25H,1-6H2,(H2,29,33)(H,31,32)/t15?,16?,25-/m0/s1. The van der Waals surface area contributed by atoms with Gasteiger partial charge in [-0.1, -0.05) is 0 Å². The van der Waals surface area contributed by atoms with Crippen LogP contribution < -0.4 is 5.73 Å². The van der Waals surface area contributed by atoms with Gasteiger partial charge in [-0.15, -0.1) is 0 Å². The van der Waals surface area contributed by atoms with E-state index < -0.39 is 5.91 Å². The fraction of sp³-hybridized carbons (Fsp3) is 0.370. The molecule has 2 aromatic carbocycles. The van der Waals surface area contributed by atoms with Gasteiger partial charge in [-0.3, -0.25) is 9.78 Å². The number of imidazole rings is 1. The van der Waals surface area contributed by atoms with Crippen LogP contribution in [0.5, 0.6) is 0 Å². The summed E-state index contributed by atoms with van der Waals surface area (Å²) in [4.78, 5) is 24.4. The van der Waals surface area contributed by atoms with Crippen LogP contribution in [0.1, 0.15) is 72.1 Å². The molecule has 0 spiro atoms. The highest BCUT2D eigenvalue weighted by Gasteiger charge is 2.41. The molecule has 5 nitrogen and oxygen atoms in total. The van der Waals surface area contributed by atoms with Crippen molar-refractivity contribution in [2.45, 2.75) is 50.4 Å². The highest BCUT2D eigenvalue weighted by Crippen LogP contribution is 2.51. The van der Waals surface area contributed by atoms with E-state index in [2.05, 4.69) is 16.0 Å². The molecule has 33 heavy (non-hydrogen) atoms. The van der Waals surface area contributed by atoms with Gasteiger partial charge in [0.25, 0.3) is 0 Å². The van der Waals surface area contributed by atoms with Gasteiger partial charge in [0.2, 0.25) is 5.91 Å². The Morgan fingerprint density at radius 3 is 2.42 bits per heavy atom. The smallest absolute Gasteiger partial charge is 0.248 e. The zero-order valence-electron chi connectivity index (χ0n) is 18.4. The highest BCUT2D eigenvalue weighted by molar-refractivity contribution is 5.96. The number of benzene rings is 2. The first-order valence-electron chi connectivity index (χ1n) is 11.9. The molecule has 1 atom stereocenters. The minimum Gasteiger partial charge on any atom is -0.366 e. The molecule has 168 valence electrons. The maximum atomic E-state index is 13.9. The Labute approximate surface area is 191 Å². The van der Waals surface area contributed by atoms with Crippen LogP contribution in [0, 0.1) is 17.7 Å². The number of hydrogen-bond acceptors (Lipinski definition) is 3. The third-order valence-electron chi connectivity index (χ3n) is 7.69. The molecule has 6 rings (SSSR count). The van der Waals surface area contributed by atoms with Crippen LogP contribution in [0.15, 0.2) is 48.7 Å². The number of aromatic amines is 1. The lowest BCUT2D eigenvalue weighted by atomic mass is 9.72. The van der Waals surface area contributed by atoms with Crippen LogP contribution in [0.2, 0.25) is 0 Å². The van der Waals surface area contributed by atoms with Gasteiger partial charge >= 0.3 is 0 Å². The van der Waals surface area contributed by atoms with E-state index in [0.717, 1.165) is 53.4 Å². The molecule has 0 unspecified atom stereocenters. The van der Waals surface area contributed by atoms with Gasteiger partial charge in [-0.05, 0) is 104 Å². The first kappa shape index (κ1) is 20.3. The average molecular weight is 443 g/mol. The molecule has 2 aliphatic carbocycles. The number of nitrogens with two attached hydrogens (primary N) is 1. The molecule has 2 fully saturated rings. The molecule has 4 aromatic rings. The molecule has 2 aliphatic rings. The van der Waals surface area contributed by atoms with E-state index in [0.29, 0.717) is 29.2 Å². The summed E-state index contributed by atoms with van der Waals surface area (Å²) in [6.07, 6.45) is 8.81. The van der Waals surface area contributed by atoms with Crippen molar-refractivity contribution in [3.05, 3.63) is 71.4 Å². The van der Waals surface area contributed by atoms with Crippen molar-refractivity contribution in [3.8, 4) is 0 Å². The molecular weight excluding hydrogens is 415 g/mol. The normalized spacial score (nSPS) is 22.0. The van der Waals surface area contributed by atoms with Gasteiger partial charge in [0.15, 0.2) is 0 Å². The summed E-state index contributed by atoms with van der Waals surface area (Å²) in [6, 6.07) is 12.4. The lowest BCUT2D eigenvalue weighted by molar-refractivity contribution is 0.100. The number of carbonyl (C=O) groups excluding carboxylic acids is 1. The molecule has 6 heteroatoms. The van der Waals surface area contributed by atoms with Crippen molar-refractivity contribution in [1.82, 2.24) is 15.0 Å². The first-order valence-corrected chi connectivity index (χ1v) is 11.9. The monoisotopic (exact) mass is 442 g/mol. The Balaban J connectivity index is 1.25. The van der Waals surface area contributed by atoms with Gasteiger partial charge in [0.1, 0.15) is 11.6 Å². The van der Waals surface area contributed by atoms with E-state index >= 15 is 0 Å². The van der Waals surface area contributed by atoms with Gasteiger partial charge in [-0.25, -0.2) is 9.37 Å². The minimum atomic E-state index is -0.423. The number of carbonyl (C=O) groups is 1. The van der Waals surface area contributed by atoms with Crippen molar-refractivity contribution in [3.63, 3.8) is 0 Å². The average Bonchev–Trinajstić information content (AvgIpc) is 3.56.